The van der Waals surface area contributed by atoms with Gasteiger partial charge in [-0.3, -0.25) is 9.59 Å². The molecule has 0 radical (unpaired) electrons. The summed E-state index contributed by atoms with van der Waals surface area (Å²) in [7, 11) is 0.259. The second kappa shape index (κ2) is 11.0. The maximum absolute atomic E-state index is 13.2. The number of benzene rings is 1. The highest BCUT2D eigenvalue weighted by Gasteiger charge is 2.30. The largest absolute Gasteiger partial charge is 0.342 e. The van der Waals surface area contributed by atoms with Gasteiger partial charge in [-0.2, -0.15) is 0 Å². The molecule has 1 aliphatic carbocycles. The lowest BCUT2D eigenvalue weighted by Gasteiger charge is -2.36. The van der Waals surface area contributed by atoms with Crippen LogP contribution in [-0.2, 0) is 14.8 Å². The molecule has 2 amide bonds. The Labute approximate surface area is 196 Å². The molecule has 1 saturated carbocycles. The molecule has 0 aromatic heterocycles. The summed E-state index contributed by atoms with van der Waals surface area (Å²) in [6.07, 6.45) is 8.23. The highest BCUT2D eigenvalue weighted by Crippen LogP contribution is 2.27. The average molecular weight is 482 g/mol. The van der Waals surface area contributed by atoms with E-state index in [0.29, 0.717) is 43.3 Å². The normalized spacial score (nSPS) is 18.7. The molecule has 2 aliphatic rings. The van der Waals surface area contributed by atoms with E-state index in [0.717, 1.165) is 17.7 Å². The van der Waals surface area contributed by atoms with Crippen LogP contribution in [0.5, 0.6) is 0 Å². The van der Waals surface area contributed by atoms with Crippen molar-refractivity contribution in [2.24, 2.45) is 0 Å². The van der Waals surface area contributed by atoms with Crippen LogP contribution in [0.15, 0.2) is 29.2 Å². The van der Waals surface area contributed by atoms with Crippen molar-refractivity contribution in [3.8, 4) is 0 Å². The van der Waals surface area contributed by atoms with Gasteiger partial charge in [0.2, 0.25) is 15.9 Å². The number of thioether (sulfide) groups is 1. The van der Waals surface area contributed by atoms with Gasteiger partial charge in [-0.25, -0.2) is 12.7 Å². The SMILES string of the molecule is CN(C(=O)CSc1ccccc1C(=O)N1CCC(N(C)S(C)(=O)=O)CC1)C1CCCCC1. The molecule has 1 aliphatic heterocycles. The predicted molar refractivity (Wildman–Crippen MR) is 128 cm³/mol. The summed E-state index contributed by atoms with van der Waals surface area (Å²) in [4.78, 5) is 30.4. The second-order valence-electron chi connectivity index (χ2n) is 8.88. The molecular weight excluding hydrogens is 446 g/mol. The maximum atomic E-state index is 13.2. The zero-order valence-corrected chi connectivity index (χ0v) is 21.0. The van der Waals surface area contributed by atoms with Crippen molar-refractivity contribution in [2.75, 3.05) is 39.2 Å². The number of carbonyl (C=O) groups is 2. The average Bonchev–Trinajstić information content (AvgIpc) is 2.81. The van der Waals surface area contributed by atoms with Crippen molar-refractivity contribution in [3.63, 3.8) is 0 Å². The van der Waals surface area contributed by atoms with Crippen LogP contribution < -0.4 is 0 Å². The van der Waals surface area contributed by atoms with Gasteiger partial charge in [0, 0.05) is 44.2 Å². The van der Waals surface area contributed by atoms with Crippen LogP contribution in [0.1, 0.15) is 55.3 Å². The van der Waals surface area contributed by atoms with Crippen molar-refractivity contribution in [2.45, 2.75) is 61.9 Å². The van der Waals surface area contributed by atoms with E-state index in [1.807, 2.05) is 36.2 Å². The molecular formula is C23H35N3O4S2. The Morgan fingerprint density at radius 1 is 1.00 bits per heavy atom. The number of carbonyl (C=O) groups excluding carboxylic acids is 2. The summed E-state index contributed by atoms with van der Waals surface area (Å²) in [6, 6.07) is 7.70. The number of hydrogen-bond acceptors (Lipinski definition) is 5. The van der Waals surface area contributed by atoms with E-state index in [9.17, 15) is 18.0 Å². The highest BCUT2D eigenvalue weighted by molar-refractivity contribution is 8.00. The standard InChI is InChI=1S/C23H35N3O4S2/c1-24(18-9-5-4-6-10-18)22(27)17-31-21-12-8-7-11-20(21)23(28)26-15-13-19(14-16-26)25(2)32(3,29)30/h7-8,11-12,18-19H,4-6,9-10,13-17H2,1-3H3. The quantitative estimate of drug-likeness (QED) is 0.560. The molecule has 3 rings (SSSR count). The zero-order valence-electron chi connectivity index (χ0n) is 19.3. The topological polar surface area (TPSA) is 78.0 Å². The lowest BCUT2D eigenvalue weighted by molar-refractivity contribution is -0.129. The van der Waals surface area contributed by atoms with Gasteiger partial charge in [0.25, 0.3) is 5.91 Å². The van der Waals surface area contributed by atoms with Crippen molar-refractivity contribution in [3.05, 3.63) is 29.8 Å². The van der Waals surface area contributed by atoms with Crippen molar-refractivity contribution in [1.29, 1.82) is 0 Å². The van der Waals surface area contributed by atoms with E-state index < -0.39 is 10.0 Å². The number of sulfonamides is 1. The summed E-state index contributed by atoms with van der Waals surface area (Å²) in [5.41, 5.74) is 0.612. The molecule has 1 heterocycles. The highest BCUT2D eigenvalue weighted by atomic mass is 32.2. The van der Waals surface area contributed by atoms with E-state index in [4.69, 9.17) is 0 Å². The smallest absolute Gasteiger partial charge is 0.254 e. The van der Waals surface area contributed by atoms with Gasteiger partial charge < -0.3 is 9.80 Å². The Kier molecular flexibility index (Phi) is 8.63. The van der Waals surface area contributed by atoms with E-state index in [1.54, 1.807) is 11.9 Å². The summed E-state index contributed by atoms with van der Waals surface area (Å²) in [5.74, 6) is 0.369. The fourth-order valence-electron chi connectivity index (χ4n) is 4.56. The van der Waals surface area contributed by atoms with Gasteiger partial charge in [0.05, 0.1) is 17.6 Å². The van der Waals surface area contributed by atoms with Crippen LogP contribution in [0.3, 0.4) is 0 Å². The van der Waals surface area contributed by atoms with Crippen molar-refractivity contribution < 1.29 is 18.0 Å². The Hall–Kier alpha value is -1.58. The first kappa shape index (κ1) is 25.1. The Balaban J connectivity index is 1.59. The van der Waals surface area contributed by atoms with E-state index in [2.05, 4.69) is 0 Å². The Morgan fingerprint density at radius 3 is 2.25 bits per heavy atom. The van der Waals surface area contributed by atoms with Crippen molar-refractivity contribution in [1.82, 2.24) is 14.1 Å². The fourth-order valence-corrected chi connectivity index (χ4v) is 6.28. The first-order chi connectivity index (χ1) is 15.2. The van der Waals surface area contributed by atoms with Crippen LogP contribution in [0, 0.1) is 0 Å². The van der Waals surface area contributed by atoms with Crippen LogP contribution in [-0.4, -0.2) is 85.6 Å². The molecule has 32 heavy (non-hydrogen) atoms. The molecule has 178 valence electrons. The minimum Gasteiger partial charge on any atom is -0.342 e. The lowest BCUT2D eigenvalue weighted by Crippen LogP contribution is -2.47. The number of hydrogen-bond donors (Lipinski definition) is 0. The van der Waals surface area contributed by atoms with E-state index in [-0.39, 0.29) is 17.9 Å². The predicted octanol–water partition coefficient (Wildman–Crippen LogP) is 3.07. The first-order valence-corrected chi connectivity index (χ1v) is 14.2. The van der Waals surface area contributed by atoms with E-state index in [1.165, 1.54) is 41.6 Å². The van der Waals surface area contributed by atoms with Crippen LogP contribution in [0.25, 0.3) is 0 Å². The first-order valence-electron chi connectivity index (χ1n) is 11.4. The molecule has 0 spiro atoms. The molecule has 1 aromatic carbocycles. The van der Waals surface area contributed by atoms with Gasteiger partial charge >= 0.3 is 0 Å². The van der Waals surface area contributed by atoms with Crippen molar-refractivity contribution >= 4 is 33.6 Å². The molecule has 1 aromatic rings. The minimum absolute atomic E-state index is 0.0540. The summed E-state index contributed by atoms with van der Waals surface area (Å²) in [5, 5.41) is 0. The maximum Gasteiger partial charge on any atom is 0.254 e. The van der Waals surface area contributed by atoms with Gasteiger partial charge in [-0.05, 0) is 37.8 Å². The molecule has 2 fully saturated rings. The molecule has 0 N–H and O–H groups in total. The Bertz CT molecular complexity index is 908. The minimum atomic E-state index is -3.24. The monoisotopic (exact) mass is 481 g/mol. The fraction of sp³-hybridized carbons (Fsp3) is 0.652. The van der Waals surface area contributed by atoms with E-state index >= 15 is 0 Å². The second-order valence-corrected chi connectivity index (χ2v) is 11.9. The molecule has 0 bridgehead atoms. The number of rotatable bonds is 7. The van der Waals surface area contributed by atoms with Crippen LogP contribution in [0.4, 0.5) is 0 Å². The number of nitrogens with zero attached hydrogens (tertiary/aromatic N) is 3. The van der Waals surface area contributed by atoms with Gasteiger partial charge in [-0.1, -0.05) is 31.4 Å². The third-order valence-corrected chi connectivity index (χ3v) is 9.18. The Morgan fingerprint density at radius 2 is 1.62 bits per heavy atom. The molecule has 1 saturated heterocycles. The molecule has 9 heteroatoms. The summed E-state index contributed by atoms with van der Waals surface area (Å²) >= 11 is 1.42. The van der Waals surface area contributed by atoms with Crippen LogP contribution >= 0.6 is 11.8 Å². The van der Waals surface area contributed by atoms with Gasteiger partial charge in [0.1, 0.15) is 0 Å². The van der Waals surface area contributed by atoms with Gasteiger partial charge in [-0.15, -0.1) is 11.8 Å². The number of likely N-dealkylation sites (tertiary alicyclic amines) is 1. The molecule has 7 nitrogen and oxygen atoms in total. The molecule has 0 atom stereocenters. The lowest BCUT2D eigenvalue weighted by atomic mass is 9.94. The molecule has 0 unspecified atom stereocenters. The summed E-state index contributed by atoms with van der Waals surface area (Å²) in [6.45, 7) is 1.04. The third kappa shape index (κ3) is 6.26. The van der Waals surface area contributed by atoms with Crippen LogP contribution in [0.2, 0.25) is 0 Å². The zero-order chi connectivity index (χ0) is 23.3. The number of piperidine rings is 1. The third-order valence-electron chi connectivity index (χ3n) is 6.77. The van der Waals surface area contributed by atoms with Gasteiger partial charge in [0.15, 0.2) is 0 Å². The number of amides is 2. The summed E-state index contributed by atoms with van der Waals surface area (Å²) < 4.78 is 25.0.